The molecule has 0 unspecified atom stereocenters. The fourth-order valence-electron chi connectivity index (χ4n) is 1.31. The molecule has 1 N–H and O–H groups in total. The first-order valence-electron chi connectivity index (χ1n) is 4.78. The summed E-state index contributed by atoms with van der Waals surface area (Å²) >= 11 is 0. The van der Waals surface area contributed by atoms with Gasteiger partial charge in [-0.3, -0.25) is 0 Å². The maximum Gasteiger partial charge on any atom is 0.129 e. The molecule has 0 aromatic carbocycles. The Morgan fingerprint density at radius 2 is 2.43 bits per heavy atom. The van der Waals surface area contributed by atoms with Crippen molar-refractivity contribution in [2.75, 3.05) is 20.3 Å². The maximum atomic E-state index is 5.52. The molecule has 0 spiro atoms. The highest BCUT2D eigenvalue weighted by molar-refractivity contribution is 5.11. The van der Waals surface area contributed by atoms with Gasteiger partial charge in [-0.25, -0.2) is 0 Å². The summed E-state index contributed by atoms with van der Waals surface area (Å²) in [5, 5.41) is 3.06. The van der Waals surface area contributed by atoms with Crippen LogP contribution in [0.3, 0.4) is 0 Å². The van der Waals surface area contributed by atoms with E-state index in [2.05, 4.69) is 5.32 Å². The molecule has 1 aromatic rings. The number of hydrogen-bond acceptors (Lipinski definition) is 4. The molecular weight excluding hydrogens is 182 g/mol. The van der Waals surface area contributed by atoms with Crippen LogP contribution in [0.25, 0.3) is 0 Å². The van der Waals surface area contributed by atoms with Gasteiger partial charge in [0.2, 0.25) is 0 Å². The van der Waals surface area contributed by atoms with E-state index in [1.165, 1.54) is 0 Å². The summed E-state index contributed by atoms with van der Waals surface area (Å²) in [5.74, 6) is 0.877. The molecule has 1 fully saturated rings. The van der Waals surface area contributed by atoms with E-state index < -0.39 is 0 Å². The van der Waals surface area contributed by atoms with Gasteiger partial charge in [0.25, 0.3) is 0 Å². The molecular formula is C10H15NO3. The second kappa shape index (κ2) is 4.59. The summed E-state index contributed by atoms with van der Waals surface area (Å²) in [6.45, 7) is 2.79. The SMILES string of the molecule is CNCc1coc(COC2COC2)c1. The third kappa shape index (κ3) is 2.35. The van der Waals surface area contributed by atoms with E-state index in [4.69, 9.17) is 13.9 Å². The molecule has 2 rings (SSSR count). The predicted molar refractivity (Wildman–Crippen MR) is 50.9 cm³/mol. The molecule has 1 aliphatic heterocycles. The van der Waals surface area contributed by atoms with Gasteiger partial charge in [0.05, 0.1) is 19.5 Å². The summed E-state index contributed by atoms with van der Waals surface area (Å²) < 4.78 is 15.8. The van der Waals surface area contributed by atoms with Crippen molar-refractivity contribution in [3.05, 3.63) is 23.7 Å². The molecule has 0 radical (unpaired) electrons. The monoisotopic (exact) mass is 197 g/mol. The fourth-order valence-corrected chi connectivity index (χ4v) is 1.31. The zero-order valence-electron chi connectivity index (χ0n) is 8.29. The van der Waals surface area contributed by atoms with E-state index >= 15 is 0 Å². The van der Waals surface area contributed by atoms with Crippen molar-refractivity contribution in [3.8, 4) is 0 Å². The Morgan fingerprint density at radius 3 is 3.07 bits per heavy atom. The third-order valence-electron chi connectivity index (χ3n) is 2.16. The summed E-state index contributed by atoms with van der Waals surface area (Å²) in [6, 6.07) is 2.01. The summed E-state index contributed by atoms with van der Waals surface area (Å²) in [7, 11) is 1.91. The summed E-state index contributed by atoms with van der Waals surface area (Å²) in [6.07, 6.45) is 2.01. The standard InChI is InChI=1S/C10H15NO3/c1-11-3-8-2-9(13-4-8)7-14-10-5-12-6-10/h2,4,10-11H,3,5-7H2,1H3. The topological polar surface area (TPSA) is 43.6 Å². The lowest BCUT2D eigenvalue weighted by atomic mass is 10.3. The first kappa shape index (κ1) is 9.71. The van der Waals surface area contributed by atoms with Crippen molar-refractivity contribution in [2.45, 2.75) is 19.3 Å². The molecule has 4 nitrogen and oxygen atoms in total. The average Bonchev–Trinajstić information content (AvgIpc) is 2.51. The molecule has 1 aliphatic rings. The van der Waals surface area contributed by atoms with Crippen LogP contribution in [0.4, 0.5) is 0 Å². The van der Waals surface area contributed by atoms with Crippen LogP contribution >= 0.6 is 0 Å². The number of nitrogens with one attached hydrogen (secondary N) is 1. The molecule has 0 atom stereocenters. The van der Waals surface area contributed by atoms with Crippen LogP contribution in [0.2, 0.25) is 0 Å². The zero-order valence-corrected chi connectivity index (χ0v) is 8.29. The minimum atomic E-state index is 0.257. The number of rotatable bonds is 5. The first-order chi connectivity index (χ1) is 6.88. The van der Waals surface area contributed by atoms with E-state index in [1.54, 1.807) is 6.26 Å². The molecule has 0 bridgehead atoms. The van der Waals surface area contributed by atoms with Crippen molar-refractivity contribution in [1.29, 1.82) is 0 Å². The van der Waals surface area contributed by atoms with Crippen LogP contribution < -0.4 is 5.32 Å². The lowest BCUT2D eigenvalue weighted by Gasteiger charge is -2.25. The maximum absolute atomic E-state index is 5.52. The third-order valence-corrected chi connectivity index (χ3v) is 2.16. The van der Waals surface area contributed by atoms with Crippen LogP contribution in [0.15, 0.2) is 16.7 Å². The smallest absolute Gasteiger partial charge is 0.129 e. The lowest BCUT2D eigenvalue weighted by Crippen LogP contribution is -2.35. The van der Waals surface area contributed by atoms with Crippen molar-refractivity contribution in [1.82, 2.24) is 5.32 Å². The van der Waals surface area contributed by atoms with E-state index in [1.807, 2.05) is 13.1 Å². The molecule has 1 saturated heterocycles. The van der Waals surface area contributed by atoms with Crippen LogP contribution in [0.1, 0.15) is 11.3 Å². The van der Waals surface area contributed by atoms with Crippen molar-refractivity contribution >= 4 is 0 Å². The van der Waals surface area contributed by atoms with Crippen LogP contribution in [0, 0.1) is 0 Å². The molecule has 4 heteroatoms. The van der Waals surface area contributed by atoms with Gasteiger partial charge in [0, 0.05) is 12.1 Å². The van der Waals surface area contributed by atoms with E-state index in [0.717, 1.165) is 17.9 Å². The molecule has 0 amide bonds. The van der Waals surface area contributed by atoms with Crippen LogP contribution in [-0.4, -0.2) is 26.4 Å². The zero-order chi connectivity index (χ0) is 9.80. The Balaban J connectivity index is 1.77. The Kier molecular flexibility index (Phi) is 3.18. The minimum Gasteiger partial charge on any atom is -0.467 e. The van der Waals surface area contributed by atoms with Gasteiger partial charge in [-0.1, -0.05) is 0 Å². The number of furan rings is 1. The highest BCUT2D eigenvalue weighted by atomic mass is 16.6. The normalized spacial score (nSPS) is 16.9. The van der Waals surface area contributed by atoms with E-state index in [0.29, 0.717) is 19.8 Å². The Hall–Kier alpha value is -0.840. The highest BCUT2D eigenvalue weighted by Crippen LogP contribution is 2.12. The van der Waals surface area contributed by atoms with Gasteiger partial charge in [-0.15, -0.1) is 0 Å². The molecule has 0 saturated carbocycles. The van der Waals surface area contributed by atoms with Crippen molar-refractivity contribution in [2.24, 2.45) is 0 Å². The molecule has 14 heavy (non-hydrogen) atoms. The Morgan fingerprint density at radius 1 is 1.57 bits per heavy atom. The van der Waals surface area contributed by atoms with Crippen molar-refractivity contribution in [3.63, 3.8) is 0 Å². The second-order valence-corrected chi connectivity index (χ2v) is 3.42. The largest absolute Gasteiger partial charge is 0.467 e. The van der Waals surface area contributed by atoms with Gasteiger partial charge in [0.15, 0.2) is 0 Å². The lowest BCUT2D eigenvalue weighted by molar-refractivity contribution is -0.137. The Labute approximate surface area is 83.2 Å². The first-order valence-corrected chi connectivity index (χ1v) is 4.78. The quantitative estimate of drug-likeness (QED) is 0.762. The van der Waals surface area contributed by atoms with Gasteiger partial charge < -0.3 is 19.2 Å². The van der Waals surface area contributed by atoms with Crippen LogP contribution in [-0.2, 0) is 22.6 Å². The fraction of sp³-hybridized carbons (Fsp3) is 0.600. The van der Waals surface area contributed by atoms with E-state index in [-0.39, 0.29) is 6.10 Å². The summed E-state index contributed by atoms with van der Waals surface area (Å²) in [5.41, 5.74) is 1.15. The molecule has 0 aliphatic carbocycles. The van der Waals surface area contributed by atoms with Gasteiger partial charge >= 0.3 is 0 Å². The average molecular weight is 197 g/mol. The van der Waals surface area contributed by atoms with Gasteiger partial charge in [0.1, 0.15) is 18.5 Å². The van der Waals surface area contributed by atoms with Gasteiger partial charge in [-0.05, 0) is 13.1 Å². The van der Waals surface area contributed by atoms with Crippen molar-refractivity contribution < 1.29 is 13.9 Å². The molecule has 2 heterocycles. The second-order valence-electron chi connectivity index (χ2n) is 3.42. The van der Waals surface area contributed by atoms with Gasteiger partial charge in [-0.2, -0.15) is 0 Å². The highest BCUT2D eigenvalue weighted by Gasteiger charge is 2.19. The number of hydrogen-bond donors (Lipinski definition) is 1. The molecule has 1 aromatic heterocycles. The Bertz CT molecular complexity index is 281. The van der Waals surface area contributed by atoms with Crippen LogP contribution in [0.5, 0.6) is 0 Å². The molecule has 78 valence electrons. The minimum absolute atomic E-state index is 0.257. The van der Waals surface area contributed by atoms with E-state index in [9.17, 15) is 0 Å². The predicted octanol–water partition coefficient (Wildman–Crippen LogP) is 0.914. The number of ether oxygens (including phenoxy) is 2. The summed E-state index contributed by atoms with van der Waals surface area (Å²) in [4.78, 5) is 0.